The Kier molecular flexibility index (Phi) is 5.81. The normalized spacial score (nSPS) is 14.0. The van der Waals surface area contributed by atoms with Gasteiger partial charge in [0.1, 0.15) is 10.7 Å². The monoisotopic (exact) mass is 376 g/mol. The molecule has 0 unspecified atom stereocenters. The van der Waals surface area contributed by atoms with Gasteiger partial charge in [0, 0.05) is 37.9 Å². The highest BCUT2D eigenvalue weighted by molar-refractivity contribution is 5.91. The SMILES string of the molecule is Cc1cc(N2CCOCC2)nc(NCCNC(=O)c2ccc([N+](=O)[O-])o2)n1. The molecule has 0 atom stereocenters. The quantitative estimate of drug-likeness (QED) is 0.411. The number of aryl methyl sites for hydroxylation is 1. The zero-order valence-corrected chi connectivity index (χ0v) is 14.8. The van der Waals surface area contributed by atoms with Crippen LogP contribution in [0.2, 0.25) is 0 Å². The zero-order chi connectivity index (χ0) is 19.2. The summed E-state index contributed by atoms with van der Waals surface area (Å²) < 4.78 is 10.2. The van der Waals surface area contributed by atoms with Gasteiger partial charge in [-0.25, -0.2) is 4.98 Å². The molecule has 2 aromatic heterocycles. The van der Waals surface area contributed by atoms with Gasteiger partial charge in [-0.05, 0) is 13.0 Å². The molecule has 0 radical (unpaired) electrons. The second-order valence-electron chi connectivity index (χ2n) is 5.87. The van der Waals surface area contributed by atoms with E-state index in [9.17, 15) is 14.9 Å². The van der Waals surface area contributed by atoms with Gasteiger partial charge in [-0.15, -0.1) is 0 Å². The Balaban J connectivity index is 1.50. The van der Waals surface area contributed by atoms with Crippen molar-refractivity contribution < 1.29 is 18.9 Å². The van der Waals surface area contributed by atoms with Crippen molar-refractivity contribution in [2.45, 2.75) is 6.92 Å². The lowest BCUT2D eigenvalue weighted by Gasteiger charge is -2.28. The van der Waals surface area contributed by atoms with Crippen molar-refractivity contribution in [1.82, 2.24) is 15.3 Å². The van der Waals surface area contributed by atoms with Crippen LogP contribution in [0.4, 0.5) is 17.7 Å². The van der Waals surface area contributed by atoms with E-state index in [-0.39, 0.29) is 12.3 Å². The number of furan rings is 1. The number of hydrogen-bond donors (Lipinski definition) is 2. The molecule has 1 aliphatic rings. The standard InChI is InChI=1S/C16H20N6O5/c1-11-10-13(21-6-8-26-9-7-21)20-16(19-11)18-5-4-17-15(23)12-2-3-14(27-12)22(24)25/h2-3,10H,4-9H2,1H3,(H,17,23)(H,18,19,20). The Bertz CT molecular complexity index is 817. The van der Waals surface area contributed by atoms with E-state index >= 15 is 0 Å². The minimum atomic E-state index is -0.695. The van der Waals surface area contributed by atoms with Crippen LogP contribution in [0.25, 0.3) is 0 Å². The van der Waals surface area contributed by atoms with Gasteiger partial charge in [-0.1, -0.05) is 0 Å². The second kappa shape index (κ2) is 8.45. The highest BCUT2D eigenvalue weighted by atomic mass is 16.6. The fraction of sp³-hybridized carbons (Fsp3) is 0.438. The molecule has 2 aromatic rings. The topological polar surface area (TPSA) is 136 Å². The molecule has 1 fully saturated rings. The molecule has 1 aliphatic heterocycles. The smallest absolute Gasteiger partial charge is 0.395 e. The average Bonchev–Trinajstić information content (AvgIpc) is 3.16. The van der Waals surface area contributed by atoms with Crippen LogP contribution in [0, 0.1) is 17.0 Å². The van der Waals surface area contributed by atoms with Crippen LogP contribution in [0.15, 0.2) is 22.6 Å². The summed E-state index contributed by atoms with van der Waals surface area (Å²) in [4.78, 5) is 32.7. The third kappa shape index (κ3) is 4.91. The van der Waals surface area contributed by atoms with Gasteiger partial charge in [0.2, 0.25) is 5.95 Å². The van der Waals surface area contributed by atoms with Gasteiger partial charge in [-0.3, -0.25) is 14.9 Å². The first-order valence-corrected chi connectivity index (χ1v) is 8.47. The Morgan fingerprint density at radius 1 is 1.30 bits per heavy atom. The summed E-state index contributed by atoms with van der Waals surface area (Å²) in [6.45, 7) is 5.45. The van der Waals surface area contributed by atoms with Crippen molar-refractivity contribution in [2.24, 2.45) is 0 Å². The summed E-state index contributed by atoms with van der Waals surface area (Å²) in [6, 6.07) is 4.32. The number of carbonyl (C=O) groups is 1. The summed E-state index contributed by atoms with van der Waals surface area (Å²) in [6.07, 6.45) is 0. The number of nitrogens with zero attached hydrogens (tertiary/aromatic N) is 4. The molecule has 0 spiro atoms. The maximum atomic E-state index is 11.9. The molecular formula is C16H20N6O5. The Labute approximate surface area is 154 Å². The van der Waals surface area contributed by atoms with Gasteiger partial charge in [-0.2, -0.15) is 4.98 Å². The summed E-state index contributed by atoms with van der Waals surface area (Å²) >= 11 is 0. The van der Waals surface area contributed by atoms with Crippen molar-refractivity contribution in [3.63, 3.8) is 0 Å². The zero-order valence-electron chi connectivity index (χ0n) is 14.8. The first kappa shape index (κ1) is 18.6. The van der Waals surface area contributed by atoms with E-state index in [0.29, 0.717) is 25.7 Å². The number of hydrogen-bond acceptors (Lipinski definition) is 9. The molecule has 144 valence electrons. The number of rotatable bonds is 7. The van der Waals surface area contributed by atoms with Crippen LogP contribution in [0.1, 0.15) is 16.2 Å². The number of carbonyl (C=O) groups excluding carboxylic acids is 1. The maximum absolute atomic E-state index is 11.9. The second-order valence-corrected chi connectivity index (χ2v) is 5.87. The fourth-order valence-electron chi connectivity index (χ4n) is 2.57. The van der Waals surface area contributed by atoms with E-state index < -0.39 is 16.7 Å². The Hall–Kier alpha value is -3.21. The molecule has 2 N–H and O–H groups in total. The van der Waals surface area contributed by atoms with E-state index in [2.05, 4.69) is 25.5 Å². The van der Waals surface area contributed by atoms with Crippen molar-refractivity contribution in [1.29, 1.82) is 0 Å². The van der Waals surface area contributed by atoms with E-state index in [4.69, 9.17) is 9.15 Å². The Morgan fingerprint density at radius 3 is 2.78 bits per heavy atom. The number of nitro groups is 1. The number of aromatic nitrogens is 2. The highest BCUT2D eigenvalue weighted by Crippen LogP contribution is 2.16. The lowest BCUT2D eigenvalue weighted by atomic mass is 10.3. The third-order valence-corrected chi connectivity index (χ3v) is 3.86. The van der Waals surface area contributed by atoms with E-state index in [0.717, 1.165) is 30.7 Å². The number of anilines is 2. The first-order valence-electron chi connectivity index (χ1n) is 8.47. The predicted octanol–water partition coefficient (Wildman–Crippen LogP) is 0.965. The maximum Gasteiger partial charge on any atom is 0.433 e. The van der Waals surface area contributed by atoms with Gasteiger partial charge in [0.05, 0.1) is 19.3 Å². The molecule has 0 aliphatic carbocycles. The molecule has 11 nitrogen and oxygen atoms in total. The molecule has 3 heterocycles. The first-order chi connectivity index (χ1) is 13.0. The van der Waals surface area contributed by atoms with Crippen LogP contribution in [-0.2, 0) is 4.74 Å². The molecule has 0 aromatic carbocycles. The minimum absolute atomic E-state index is 0.108. The van der Waals surface area contributed by atoms with E-state index in [1.165, 1.54) is 6.07 Å². The lowest BCUT2D eigenvalue weighted by Crippen LogP contribution is -2.37. The molecule has 11 heteroatoms. The predicted molar refractivity (Wildman–Crippen MR) is 96.0 cm³/mol. The molecular weight excluding hydrogens is 356 g/mol. The molecule has 1 amide bonds. The molecule has 0 saturated carbocycles. The summed E-state index contributed by atoms with van der Waals surface area (Å²) in [5.41, 5.74) is 0.834. The Morgan fingerprint density at radius 2 is 2.07 bits per heavy atom. The fourth-order valence-corrected chi connectivity index (χ4v) is 2.57. The average molecular weight is 376 g/mol. The number of ether oxygens (including phenoxy) is 1. The molecule has 1 saturated heterocycles. The van der Waals surface area contributed by atoms with Crippen LogP contribution < -0.4 is 15.5 Å². The van der Waals surface area contributed by atoms with Gasteiger partial charge >= 0.3 is 5.88 Å². The third-order valence-electron chi connectivity index (χ3n) is 3.86. The highest BCUT2D eigenvalue weighted by Gasteiger charge is 2.17. The van der Waals surface area contributed by atoms with Gasteiger partial charge in [0.15, 0.2) is 5.76 Å². The van der Waals surface area contributed by atoms with E-state index in [1.54, 1.807) is 0 Å². The largest absolute Gasteiger partial charge is 0.433 e. The lowest BCUT2D eigenvalue weighted by molar-refractivity contribution is -0.402. The van der Waals surface area contributed by atoms with Crippen molar-refractivity contribution in [2.75, 3.05) is 49.6 Å². The summed E-state index contributed by atoms with van der Waals surface area (Å²) in [5.74, 6) is 0.203. The van der Waals surface area contributed by atoms with Gasteiger partial charge < -0.3 is 24.7 Å². The van der Waals surface area contributed by atoms with Crippen molar-refractivity contribution >= 4 is 23.6 Å². The number of morpholine rings is 1. The van der Waals surface area contributed by atoms with E-state index in [1.807, 2.05) is 13.0 Å². The van der Waals surface area contributed by atoms with Crippen LogP contribution in [0.5, 0.6) is 0 Å². The van der Waals surface area contributed by atoms with Crippen LogP contribution in [-0.4, -0.2) is 60.2 Å². The summed E-state index contributed by atoms with van der Waals surface area (Å²) in [7, 11) is 0. The van der Waals surface area contributed by atoms with Crippen molar-refractivity contribution in [3.8, 4) is 0 Å². The van der Waals surface area contributed by atoms with Gasteiger partial charge in [0.25, 0.3) is 5.91 Å². The van der Waals surface area contributed by atoms with Crippen LogP contribution >= 0.6 is 0 Å². The molecule has 3 rings (SSSR count). The minimum Gasteiger partial charge on any atom is -0.395 e. The molecule has 27 heavy (non-hydrogen) atoms. The number of nitrogens with one attached hydrogen (secondary N) is 2. The molecule has 0 bridgehead atoms. The van der Waals surface area contributed by atoms with Crippen molar-refractivity contribution in [3.05, 3.63) is 39.8 Å². The summed E-state index contributed by atoms with van der Waals surface area (Å²) in [5, 5.41) is 16.2. The number of amides is 1. The van der Waals surface area contributed by atoms with Crippen LogP contribution in [0.3, 0.4) is 0 Å².